The number of nitrogens with zero attached hydrogens (tertiary/aromatic N) is 2. The first-order chi connectivity index (χ1) is 15.0. The van der Waals surface area contributed by atoms with Gasteiger partial charge in [-0.05, 0) is 61.9 Å². The van der Waals surface area contributed by atoms with Crippen LogP contribution in [0.5, 0.6) is 0 Å². The molecule has 0 radical (unpaired) electrons. The van der Waals surface area contributed by atoms with E-state index in [1.54, 1.807) is 6.92 Å². The molecular weight excluding hydrogens is 459 g/mol. The normalized spacial score (nSPS) is 17.5. The van der Waals surface area contributed by atoms with Gasteiger partial charge in [0.25, 0.3) is 0 Å². The third kappa shape index (κ3) is 5.70. The molecule has 0 aromatic heterocycles. The first kappa shape index (κ1) is 24.3. The molecule has 0 saturated carbocycles. The Morgan fingerprint density at radius 3 is 2.12 bits per heavy atom. The summed E-state index contributed by atoms with van der Waals surface area (Å²) in [5.74, 6) is -0.812. The molecule has 1 fully saturated rings. The van der Waals surface area contributed by atoms with Crippen LogP contribution in [-0.4, -0.2) is 64.2 Å². The van der Waals surface area contributed by atoms with Crippen molar-refractivity contribution >= 4 is 31.6 Å². The summed E-state index contributed by atoms with van der Waals surface area (Å²) in [5.41, 5.74) is 0.421. The third-order valence-corrected chi connectivity index (χ3v) is 8.16. The number of sulfonamides is 2. The maximum atomic E-state index is 13.1. The number of benzene rings is 2. The van der Waals surface area contributed by atoms with Crippen LogP contribution < -0.4 is 10.5 Å². The van der Waals surface area contributed by atoms with Crippen molar-refractivity contribution in [1.29, 1.82) is 0 Å². The number of carbonyl (C=O) groups is 1. The number of rotatable bonds is 6. The highest BCUT2D eigenvalue weighted by molar-refractivity contribution is 7.89. The predicted octanol–water partition coefficient (Wildman–Crippen LogP) is 1.20. The van der Waals surface area contributed by atoms with E-state index in [1.165, 1.54) is 40.7 Å². The molecule has 1 amide bonds. The molecule has 2 aromatic rings. The van der Waals surface area contributed by atoms with Gasteiger partial charge in [0.2, 0.25) is 26.0 Å². The lowest BCUT2D eigenvalue weighted by Gasteiger charge is -2.27. The Bertz CT molecular complexity index is 1170. The summed E-state index contributed by atoms with van der Waals surface area (Å²) >= 11 is 0. The van der Waals surface area contributed by atoms with E-state index in [0.29, 0.717) is 31.7 Å². The number of primary sulfonamides is 1. The fourth-order valence-corrected chi connectivity index (χ4v) is 5.42. The van der Waals surface area contributed by atoms with Gasteiger partial charge in [-0.3, -0.25) is 9.69 Å². The Labute approximate surface area is 187 Å². The standard InChI is InChI=1S/C20H25FN4O5S2/c1-15(20(26)23-17-5-9-18(10-6-17)31(22,27)28)24-11-2-12-25(14-13-24)32(29,30)19-7-3-16(21)4-8-19/h3-10,15H,2,11-14H2,1H3,(H,23,26)(H2,22,27,28). The Morgan fingerprint density at radius 1 is 0.938 bits per heavy atom. The highest BCUT2D eigenvalue weighted by atomic mass is 32.2. The summed E-state index contributed by atoms with van der Waals surface area (Å²) in [6.07, 6.45) is 0.529. The molecule has 0 bridgehead atoms. The van der Waals surface area contributed by atoms with Gasteiger partial charge in [-0.2, -0.15) is 4.31 Å². The lowest BCUT2D eigenvalue weighted by molar-refractivity contribution is -0.120. The molecule has 0 spiro atoms. The van der Waals surface area contributed by atoms with Crippen molar-refractivity contribution in [1.82, 2.24) is 9.21 Å². The van der Waals surface area contributed by atoms with Crippen molar-refractivity contribution < 1.29 is 26.0 Å². The smallest absolute Gasteiger partial charge is 0.243 e. The first-order valence-electron chi connectivity index (χ1n) is 9.92. The molecule has 2 aromatic carbocycles. The summed E-state index contributed by atoms with van der Waals surface area (Å²) in [6, 6.07) is 9.67. The fourth-order valence-electron chi connectivity index (χ4n) is 3.44. The highest BCUT2D eigenvalue weighted by Gasteiger charge is 2.30. The van der Waals surface area contributed by atoms with Crippen LogP contribution in [0.2, 0.25) is 0 Å². The molecule has 1 heterocycles. The maximum absolute atomic E-state index is 13.1. The maximum Gasteiger partial charge on any atom is 0.243 e. The lowest BCUT2D eigenvalue weighted by Crippen LogP contribution is -2.44. The number of anilines is 1. The number of amides is 1. The van der Waals surface area contributed by atoms with Crippen molar-refractivity contribution in [3.05, 3.63) is 54.3 Å². The van der Waals surface area contributed by atoms with Crippen LogP contribution in [0.4, 0.5) is 10.1 Å². The minimum Gasteiger partial charge on any atom is -0.325 e. The fraction of sp³-hybridized carbons (Fsp3) is 0.350. The Kier molecular flexibility index (Phi) is 7.30. The van der Waals surface area contributed by atoms with Gasteiger partial charge in [-0.1, -0.05) is 0 Å². The molecule has 174 valence electrons. The molecular formula is C20H25FN4O5S2. The molecule has 1 saturated heterocycles. The molecule has 3 rings (SSSR count). The molecule has 1 unspecified atom stereocenters. The zero-order valence-electron chi connectivity index (χ0n) is 17.4. The number of nitrogens with two attached hydrogens (primary N) is 1. The Morgan fingerprint density at radius 2 is 1.53 bits per heavy atom. The van der Waals surface area contributed by atoms with Crippen LogP contribution in [0.15, 0.2) is 58.3 Å². The van der Waals surface area contributed by atoms with E-state index in [1.807, 2.05) is 4.90 Å². The van der Waals surface area contributed by atoms with Gasteiger partial charge in [0.15, 0.2) is 0 Å². The second kappa shape index (κ2) is 9.63. The van der Waals surface area contributed by atoms with Crippen molar-refractivity contribution in [2.24, 2.45) is 5.14 Å². The second-order valence-corrected chi connectivity index (χ2v) is 11.0. The summed E-state index contributed by atoms with van der Waals surface area (Å²) in [7, 11) is -7.57. The van der Waals surface area contributed by atoms with Gasteiger partial charge in [-0.15, -0.1) is 0 Å². The van der Waals surface area contributed by atoms with Crippen molar-refractivity contribution in [3.8, 4) is 0 Å². The van der Waals surface area contributed by atoms with Gasteiger partial charge in [0, 0.05) is 31.9 Å². The number of hydrogen-bond donors (Lipinski definition) is 2. The van der Waals surface area contributed by atoms with Gasteiger partial charge < -0.3 is 5.32 Å². The van der Waals surface area contributed by atoms with E-state index in [4.69, 9.17) is 5.14 Å². The molecule has 32 heavy (non-hydrogen) atoms. The van der Waals surface area contributed by atoms with E-state index in [0.717, 1.165) is 12.1 Å². The molecule has 1 aliphatic rings. The molecule has 0 aliphatic carbocycles. The zero-order valence-corrected chi connectivity index (χ0v) is 19.1. The van der Waals surface area contributed by atoms with Gasteiger partial charge in [0.05, 0.1) is 15.8 Å². The SMILES string of the molecule is CC(C(=O)Nc1ccc(S(N)(=O)=O)cc1)N1CCCN(S(=O)(=O)c2ccc(F)cc2)CC1. The van der Waals surface area contributed by atoms with Crippen LogP contribution in [0, 0.1) is 5.82 Å². The molecule has 12 heteroatoms. The quantitative estimate of drug-likeness (QED) is 0.634. The zero-order chi connectivity index (χ0) is 23.5. The van der Waals surface area contributed by atoms with E-state index in [-0.39, 0.29) is 22.2 Å². The summed E-state index contributed by atoms with van der Waals surface area (Å²) in [5, 5.41) is 7.80. The molecule has 1 atom stereocenters. The van der Waals surface area contributed by atoms with Crippen LogP contribution in [0.25, 0.3) is 0 Å². The van der Waals surface area contributed by atoms with Crippen LogP contribution >= 0.6 is 0 Å². The molecule has 3 N–H and O–H groups in total. The van der Waals surface area contributed by atoms with E-state index < -0.39 is 31.9 Å². The topological polar surface area (TPSA) is 130 Å². The third-order valence-electron chi connectivity index (χ3n) is 5.32. The summed E-state index contributed by atoms with van der Waals surface area (Å²) in [4.78, 5) is 14.5. The number of nitrogens with one attached hydrogen (secondary N) is 1. The lowest BCUT2D eigenvalue weighted by atomic mass is 10.2. The number of halogens is 1. The first-order valence-corrected chi connectivity index (χ1v) is 12.9. The Balaban J connectivity index is 1.63. The number of hydrogen-bond acceptors (Lipinski definition) is 6. The average molecular weight is 485 g/mol. The van der Waals surface area contributed by atoms with Gasteiger partial charge in [-0.25, -0.2) is 26.4 Å². The second-order valence-electron chi connectivity index (χ2n) is 7.48. The van der Waals surface area contributed by atoms with E-state index in [9.17, 15) is 26.0 Å². The van der Waals surface area contributed by atoms with E-state index in [2.05, 4.69) is 5.32 Å². The monoisotopic (exact) mass is 484 g/mol. The van der Waals surface area contributed by atoms with E-state index >= 15 is 0 Å². The minimum atomic E-state index is -3.82. The number of carbonyl (C=O) groups excluding carboxylic acids is 1. The summed E-state index contributed by atoms with van der Waals surface area (Å²) < 4.78 is 62.9. The van der Waals surface area contributed by atoms with Crippen LogP contribution in [0.3, 0.4) is 0 Å². The molecule has 1 aliphatic heterocycles. The van der Waals surface area contributed by atoms with Crippen molar-refractivity contribution in [2.45, 2.75) is 29.2 Å². The Hall–Kier alpha value is -2.38. The highest BCUT2D eigenvalue weighted by Crippen LogP contribution is 2.19. The predicted molar refractivity (Wildman–Crippen MR) is 117 cm³/mol. The van der Waals surface area contributed by atoms with Crippen LogP contribution in [-0.2, 0) is 24.8 Å². The average Bonchev–Trinajstić information content (AvgIpc) is 3.00. The minimum absolute atomic E-state index is 0.0288. The van der Waals surface area contributed by atoms with Gasteiger partial charge in [0.1, 0.15) is 5.82 Å². The largest absolute Gasteiger partial charge is 0.325 e. The van der Waals surface area contributed by atoms with Gasteiger partial charge >= 0.3 is 0 Å². The van der Waals surface area contributed by atoms with Crippen molar-refractivity contribution in [2.75, 3.05) is 31.5 Å². The van der Waals surface area contributed by atoms with Crippen LogP contribution in [0.1, 0.15) is 13.3 Å². The van der Waals surface area contributed by atoms with Crippen molar-refractivity contribution in [3.63, 3.8) is 0 Å². The summed E-state index contributed by atoms with van der Waals surface area (Å²) in [6.45, 7) is 3.08. The molecule has 9 nitrogen and oxygen atoms in total.